The van der Waals surface area contributed by atoms with Gasteiger partial charge >= 0.3 is 6.03 Å². The molecule has 4 rings (SSSR count). The van der Waals surface area contributed by atoms with Gasteiger partial charge in [0.05, 0.1) is 15.7 Å². The number of urea groups is 1. The number of aromatic hydroxyl groups is 1. The van der Waals surface area contributed by atoms with Crippen LogP contribution >= 0.6 is 22.9 Å². The van der Waals surface area contributed by atoms with Crippen LogP contribution in [0.4, 0.5) is 15.6 Å². The predicted octanol–water partition coefficient (Wildman–Crippen LogP) is 5.51. The monoisotopic (exact) mass is 428 g/mol. The smallest absolute Gasteiger partial charge is 0.365 e. The summed E-state index contributed by atoms with van der Waals surface area (Å²) in [4.78, 5) is 21.4. The van der Waals surface area contributed by atoms with Crippen molar-refractivity contribution in [1.82, 2.24) is 14.9 Å². The van der Waals surface area contributed by atoms with Crippen LogP contribution < -0.4 is 5.32 Å². The largest absolute Gasteiger partial charge is 0.493 e. The summed E-state index contributed by atoms with van der Waals surface area (Å²) in [5.41, 5.74) is 2.75. The normalized spacial score (nSPS) is 11.9. The lowest BCUT2D eigenvalue weighted by atomic mass is 10.2. The first-order chi connectivity index (χ1) is 13.9. The number of nitrogens with one attached hydrogen (secondary N) is 2. The van der Waals surface area contributed by atoms with E-state index in [1.165, 1.54) is 11.3 Å². The van der Waals surface area contributed by atoms with Crippen LogP contribution in [0.2, 0.25) is 5.02 Å². The number of carbonyl (C=O) groups is 1. The van der Waals surface area contributed by atoms with Crippen molar-refractivity contribution in [3.63, 3.8) is 0 Å². The third kappa shape index (κ3) is 4.21. The summed E-state index contributed by atoms with van der Waals surface area (Å²) in [7, 11) is 4.01. The van der Waals surface area contributed by atoms with E-state index in [-0.39, 0.29) is 11.6 Å². The number of fused-ring (bicyclic) bond motifs is 2. The second-order valence-electron chi connectivity index (χ2n) is 6.70. The molecule has 2 amide bonds. The van der Waals surface area contributed by atoms with E-state index in [0.717, 1.165) is 22.3 Å². The zero-order valence-electron chi connectivity index (χ0n) is 15.6. The minimum absolute atomic E-state index is 0.148. The van der Waals surface area contributed by atoms with Crippen molar-refractivity contribution in [1.29, 1.82) is 0 Å². The minimum atomic E-state index is -0.687. The SMILES string of the molecule is CN(C)Cc1ccc2nc(NC(=O)N=Nc3c(O)[nH]c4ccc(Cl)cc34)sc2c1. The molecule has 2 aromatic heterocycles. The fourth-order valence-corrected chi connectivity index (χ4v) is 4.03. The highest BCUT2D eigenvalue weighted by molar-refractivity contribution is 7.22. The molecule has 0 unspecified atom stereocenters. The van der Waals surface area contributed by atoms with Gasteiger partial charge in [-0.1, -0.05) is 34.1 Å². The Balaban J connectivity index is 1.52. The molecule has 10 heteroatoms. The molecule has 0 aliphatic heterocycles. The first kappa shape index (κ1) is 19.3. The van der Waals surface area contributed by atoms with Crippen LogP contribution in [0.15, 0.2) is 46.6 Å². The maximum Gasteiger partial charge on any atom is 0.365 e. The molecule has 0 aliphatic carbocycles. The Morgan fingerprint density at radius 2 is 2.14 bits per heavy atom. The number of rotatable bonds is 4. The number of aromatic nitrogens is 2. The fourth-order valence-electron chi connectivity index (χ4n) is 2.93. The third-order valence-electron chi connectivity index (χ3n) is 4.12. The van der Waals surface area contributed by atoms with Crippen molar-refractivity contribution in [3.8, 4) is 5.88 Å². The van der Waals surface area contributed by atoms with Gasteiger partial charge in [-0.2, -0.15) is 0 Å². The molecule has 0 radical (unpaired) electrons. The molecule has 0 spiro atoms. The number of nitrogens with zero attached hydrogens (tertiary/aromatic N) is 4. The maximum absolute atomic E-state index is 12.2. The summed E-state index contributed by atoms with van der Waals surface area (Å²) >= 11 is 7.35. The van der Waals surface area contributed by atoms with Gasteiger partial charge in [0.15, 0.2) is 10.8 Å². The van der Waals surface area contributed by atoms with Gasteiger partial charge in [-0.3, -0.25) is 5.32 Å². The second-order valence-corrected chi connectivity index (χ2v) is 8.17. The van der Waals surface area contributed by atoms with Crippen LogP contribution in [0.3, 0.4) is 0 Å². The van der Waals surface area contributed by atoms with E-state index in [1.54, 1.807) is 18.2 Å². The van der Waals surface area contributed by atoms with E-state index in [1.807, 2.05) is 26.2 Å². The number of halogens is 1. The zero-order chi connectivity index (χ0) is 20.5. The minimum Gasteiger partial charge on any atom is -0.493 e. The maximum atomic E-state index is 12.2. The first-order valence-electron chi connectivity index (χ1n) is 8.66. The van der Waals surface area contributed by atoms with Crippen molar-refractivity contribution in [3.05, 3.63) is 47.0 Å². The van der Waals surface area contributed by atoms with Crippen LogP contribution in [0.25, 0.3) is 21.1 Å². The Labute approximate surface area is 174 Å². The molecule has 0 saturated heterocycles. The van der Waals surface area contributed by atoms with Crippen LogP contribution in [0, 0.1) is 0 Å². The number of hydrogen-bond acceptors (Lipinski definition) is 6. The van der Waals surface area contributed by atoms with Crippen molar-refractivity contribution in [2.45, 2.75) is 6.54 Å². The number of azo groups is 1. The number of aromatic amines is 1. The highest BCUT2D eigenvalue weighted by atomic mass is 35.5. The summed E-state index contributed by atoms with van der Waals surface area (Å²) in [6.45, 7) is 0.821. The molecule has 0 fully saturated rings. The van der Waals surface area contributed by atoms with Gasteiger partial charge in [0.25, 0.3) is 0 Å². The van der Waals surface area contributed by atoms with Gasteiger partial charge in [0.2, 0.25) is 5.88 Å². The van der Waals surface area contributed by atoms with Crippen LogP contribution in [0.1, 0.15) is 5.56 Å². The average molecular weight is 429 g/mol. The topological polar surface area (TPSA) is 106 Å². The third-order valence-corrected chi connectivity index (χ3v) is 5.29. The predicted molar refractivity (Wildman–Crippen MR) is 116 cm³/mol. The zero-order valence-corrected chi connectivity index (χ0v) is 17.2. The lowest BCUT2D eigenvalue weighted by Crippen LogP contribution is -2.10. The summed E-state index contributed by atoms with van der Waals surface area (Å²) in [6.07, 6.45) is 0. The Hall–Kier alpha value is -3.01. The van der Waals surface area contributed by atoms with Gasteiger partial charge in [-0.15, -0.1) is 5.11 Å². The van der Waals surface area contributed by atoms with Crippen LogP contribution in [0.5, 0.6) is 5.88 Å². The van der Waals surface area contributed by atoms with Crippen molar-refractivity contribution < 1.29 is 9.90 Å². The molecular weight excluding hydrogens is 412 g/mol. The van der Waals surface area contributed by atoms with Gasteiger partial charge in [0, 0.05) is 17.0 Å². The van der Waals surface area contributed by atoms with E-state index in [0.29, 0.717) is 21.1 Å². The second kappa shape index (κ2) is 7.78. The van der Waals surface area contributed by atoms with Gasteiger partial charge in [0.1, 0.15) is 0 Å². The van der Waals surface area contributed by atoms with Crippen molar-refractivity contribution >= 4 is 60.9 Å². The van der Waals surface area contributed by atoms with E-state index < -0.39 is 6.03 Å². The molecule has 4 aromatic rings. The summed E-state index contributed by atoms with van der Waals surface area (Å²) in [5, 5.41) is 21.6. The number of benzene rings is 2. The first-order valence-corrected chi connectivity index (χ1v) is 9.85. The molecular formula is C19H17ClN6O2S. The summed E-state index contributed by atoms with van der Waals surface area (Å²) in [5.74, 6) is -0.188. The molecule has 0 bridgehead atoms. The van der Waals surface area contributed by atoms with E-state index in [2.05, 4.69) is 36.5 Å². The highest BCUT2D eigenvalue weighted by Crippen LogP contribution is 2.36. The number of hydrogen-bond donors (Lipinski definition) is 3. The molecule has 148 valence electrons. The number of H-pyrrole nitrogens is 1. The number of thiazole rings is 1. The molecule has 0 atom stereocenters. The molecule has 3 N–H and O–H groups in total. The molecule has 29 heavy (non-hydrogen) atoms. The van der Waals surface area contributed by atoms with Crippen molar-refractivity contribution in [2.75, 3.05) is 19.4 Å². The molecule has 8 nitrogen and oxygen atoms in total. The van der Waals surface area contributed by atoms with Gasteiger partial charge in [-0.05, 0) is 50.0 Å². The van der Waals surface area contributed by atoms with Crippen LogP contribution in [-0.4, -0.2) is 40.1 Å². The molecule has 2 heterocycles. The van der Waals surface area contributed by atoms with Crippen LogP contribution in [-0.2, 0) is 6.54 Å². The summed E-state index contributed by atoms with van der Waals surface area (Å²) < 4.78 is 0.973. The lowest BCUT2D eigenvalue weighted by Gasteiger charge is -2.08. The number of anilines is 1. The van der Waals surface area contributed by atoms with Gasteiger partial charge < -0.3 is 15.0 Å². The molecule has 0 saturated carbocycles. The highest BCUT2D eigenvalue weighted by Gasteiger charge is 2.12. The quantitative estimate of drug-likeness (QED) is 0.372. The Morgan fingerprint density at radius 3 is 2.93 bits per heavy atom. The Morgan fingerprint density at radius 1 is 1.31 bits per heavy atom. The Kier molecular flexibility index (Phi) is 5.18. The standard InChI is InChI=1S/C19H17ClN6O2S/c1-26(2)9-10-3-5-14-15(7-10)29-19(22-14)23-18(28)25-24-16-12-8-11(20)4-6-13(12)21-17(16)27/h3-8,21,27H,9H2,1-2H3,(H,22,23,28). The lowest BCUT2D eigenvalue weighted by molar-refractivity contribution is 0.258. The number of carbonyl (C=O) groups excluding carboxylic acids is 1. The van der Waals surface area contributed by atoms with E-state index in [4.69, 9.17) is 11.6 Å². The number of amides is 2. The Bertz CT molecular complexity index is 1250. The van der Waals surface area contributed by atoms with Crippen molar-refractivity contribution in [2.24, 2.45) is 10.2 Å². The van der Waals surface area contributed by atoms with E-state index >= 15 is 0 Å². The average Bonchev–Trinajstić information content (AvgIpc) is 3.18. The summed E-state index contributed by atoms with van der Waals surface area (Å²) in [6, 6.07) is 10.3. The van der Waals surface area contributed by atoms with E-state index in [9.17, 15) is 9.90 Å². The molecule has 0 aliphatic rings. The molecule has 2 aromatic carbocycles. The fraction of sp³-hybridized carbons (Fsp3) is 0.158. The van der Waals surface area contributed by atoms with Gasteiger partial charge in [-0.25, -0.2) is 9.78 Å².